The van der Waals surface area contributed by atoms with E-state index in [9.17, 15) is 4.79 Å². The Hall–Kier alpha value is -0.890. The molecular weight excluding hydrogens is 410 g/mol. The molecule has 0 saturated carbocycles. The van der Waals surface area contributed by atoms with Crippen molar-refractivity contribution in [3.8, 4) is 0 Å². The number of hydrogen-bond acceptors (Lipinski definition) is 5. The van der Waals surface area contributed by atoms with E-state index in [1.807, 2.05) is 32.9 Å². The van der Waals surface area contributed by atoms with Gasteiger partial charge in [0.05, 0.1) is 25.3 Å². The molecule has 3 heterocycles. The van der Waals surface area contributed by atoms with E-state index in [0.29, 0.717) is 36.1 Å². The van der Waals surface area contributed by atoms with Crippen molar-refractivity contribution in [2.45, 2.75) is 38.5 Å². The zero-order valence-corrected chi connectivity index (χ0v) is 17.0. The van der Waals surface area contributed by atoms with Crippen LogP contribution in [0.3, 0.4) is 0 Å². The summed E-state index contributed by atoms with van der Waals surface area (Å²) < 4.78 is 11.9. The van der Waals surface area contributed by atoms with Crippen molar-refractivity contribution in [3.05, 3.63) is 27.5 Å². The lowest BCUT2D eigenvalue weighted by Crippen LogP contribution is -2.60. The Bertz CT molecular complexity index is 632. The fourth-order valence-corrected chi connectivity index (χ4v) is 4.10. The second kappa shape index (κ2) is 7.39. The highest BCUT2D eigenvalue weighted by atomic mass is 79.9. The molecule has 8 heteroatoms. The minimum Gasteiger partial charge on any atom is -0.444 e. The SMILES string of the molecule is CC(C)(C)OC(=O)N1CC2COCCN2C(c2cc(Cl)nc(Br)c2)C1. The van der Waals surface area contributed by atoms with Gasteiger partial charge in [0, 0.05) is 19.6 Å². The quantitative estimate of drug-likeness (QED) is 0.636. The second-order valence-electron chi connectivity index (χ2n) is 7.41. The molecule has 2 aliphatic rings. The van der Waals surface area contributed by atoms with Crippen LogP contribution in [-0.2, 0) is 9.47 Å². The molecule has 138 valence electrons. The minimum absolute atomic E-state index is 0.0342. The molecule has 1 amide bonds. The molecule has 3 rings (SSSR count). The molecule has 2 fully saturated rings. The van der Waals surface area contributed by atoms with Crippen LogP contribution in [-0.4, -0.2) is 65.4 Å². The summed E-state index contributed by atoms with van der Waals surface area (Å²) in [7, 11) is 0. The Morgan fingerprint density at radius 1 is 1.40 bits per heavy atom. The summed E-state index contributed by atoms with van der Waals surface area (Å²) in [6.45, 7) is 8.92. The van der Waals surface area contributed by atoms with E-state index in [0.717, 1.165) is 12.1 Å². The van der Waals surface area contributed by atoms with E-state index >= 15 is 0 Å². The molecule has 2 unspecified atom stereocenters. The van der Waals surface area contributed by atoms with Crippen molar-refractivity contribution in [1.29, 1.82) is 0 Å². The Morgan fingerprint density at radius 2 is 2.16 bits per heavy atom. The summed E-state index contributed by atoms with van der Waals surface area (Å²) in [6, 6.07) is 4.00. The van der Waals surface area contributed by atoms with Crippen LogP contribution in [0, 0.1) is 0 Å². The van der Waals surface area contributed by atoms with E-state index in [1.54, 1.807) is 4.90 Å². The Morgan fingerprint density at radius 3 is 2.84 bits per heavy atom. The number of morpholine rings is 1. The molecule has 1 aromatic heterocycles. The van der Waals surface area contributed by atoms with E-state index < -0.39 is 5.60 Å². The van der Waals surface area contributed by atoms with Gasteiger partial charge in [-0.1, -0.05) is 11.6 Å². The third kappa shape index (κ3) is 4.64. The van der Waals surface area contributed by atoms with Crippen molar-refractivity contribution >= 4 is 33.6 Å². The standard InChI is InChI=1S/C17H23BrClN3O3/c1-17(2,3)25-16(23)21-8-12-10-24-5-4-22(12)13(9-21)11-6-14(18)20-15(19)7-11/h6-7,12-13H,4-5,8-10H2,1-3H3. The first-order chi connectivity index (χ1) is 11.7. The first-order valence-corrected chi connectivity index (χ1v) is 9.54. The van der Waals surface area contributed by atoms with Crippen LogP contribution >= 0.6 is 27.5 Å². The fourth-order valence-electron chi connectivity index (χ4n) is 3.33. The molecule has 0 aliphatic carbocycles. The number of piperazine rings is 1. The predicted molar refractivity (Wildman–Crippen MR) is 98.8 cm³/mol. The zero-order valence-electron chi connectivity index (χ0n) is 14.7. The summed E-state index contributed by atoms with van der Waals surface area (Å²) in [5.41, 5.74) is 0.516. The fraction of sp³-hybridized carbons (Fsp3) is 0.647. The van der Waals surface area contributed by atoms with Crippen LogP contribution in [0.2, 0.25) is 5.15 Å². The van der Waals surface area contributed by atoms with Gasteiger partial charge in [-0.25, -0.2) is 9.78 Å². The van der Waals surface area contributed by atoms with Gasteiger partial charge in [0.25, 0.3) is 0 Å². The lowest BCUT2D eigenvalue weighted by Gasteiger charge is -2.48. The second-order valence-corrected chi connectivity index (χ2v) is 8.61. The molecule has 0 bridgehead atoms. The molecule has 6 nitrogen and oxygen atoms in total. The number of amides is 1. The van der Waals surface area contributed by atoms with Crippen LogP contribution in [0.1, 0.15) is 32.4 Å². The molecular formula is C17H23BrClN3O3. The summed E-state index contributed by atoms with van der Waals surface area (Å²) >= 11 is 9.55. The van der Waals surface area contributed by atoms with Gasteiger partial charge in [-0.05, 0) is 54.4 Å². The zero-order chi connectivity index (χ0) is 18.2. The normalized spacial score (nSPS) is 24.8. The van der Waals surface area contributed by atoms with Crippen molar-refractivity contribution in [2.24, 2.45) is 0 Å². The van der Waals surface area contributed by atoms with E-state index in [1.165, 1.54) is 0 Å². The van der Waals surface area contributed by atoms with Gasteiger partial charge >= 0.3 is 6.09 Å². The van der Waals surface area contributed by atoms with Crippen LogP contribution < -0.4 is 0 Å². The van der Waals surface area contributed by atoms with Crippen LogP contribution in [0.15, 0.2) is 16.7 Å². The number of aromatic nitrogens is 1. The van der Waals surface area contributed by atoms with Crippen molar-refractivity contribution in [2.75, 3.05) is 32.8 Å². The van der Waals surface area contributed by atoms with Gasteiger partial charge in [0.2, 0.25) is 0 Å². The molecule has 0 spiro atoms. The Balaban J connectivity index is 1.87. The number of carbonyl (C=O) groups is 1. The lowest BCUT2D eigenvalue weighted by atomic mass is 9.99. The van der Waals surface area contributed by atoms with E-state index in [-0.39, 0.29) is 18.2 Å². The third-order valence-corrected chi connectivity index (χ3v) is 4.92. The molecule has 0 aromatic carbocycles. The van der Waals surface area contributed by atoms with Gasteiger partial charge in [-0.3, -0.25) is 4.90 Å². The third-order valence-electron chi connectivity index (χ3n) is 4.32. The largest absolute Gasteiger partial charge is 0.444 e. The number of hydrogen-bond donors (Lipinski definition) is 0. The Labute approximate surface area is 161 Å². The number of fused-ring (bicyclic) bond motifs is 1. The van der Waals surface area contributed by atoms with E-state index in [2.05, 4.69) is 25.8 Å². The maximum absolute atomic E-state index is 12.6. The van der Waals surface area contributed by atoms with E-state index in [4.69, 9.17) is 21.1 Å². The van der Waals surface area contributed by atoms with Gasteiger partial charge in [0.1, 0.15) is 15.4 Å². The van der Waals surface area contributed by atoms with Crippen LogP contribution in [0.25, 0.3) is 0 Å². The highest BCUT2D eigenvalue weighted by Gasteiger charge is 2.40. The number of ether oxygens (including phenoxy) is 2. The lowest BCUT2D eigenvalue weighted by molar-refractivity contribution is -0.0759. The summed E-state index contributed by atoms with van der Waals surface area (Å²) in [5.74, 6) is 0. The van der Waals surface area contributed by atoms with Gasteiger partial charge in [-0.2, -0.15) is 0 Å². The van der Waals surface area contributed by atoms with Crippen LogP contribution in [0.4, 0.5) is 4.79 Å². The van der Waals surface area contributed by atoms with Gasteiger partial charge in [-0.15, -0.1) is 0 Å². The molecule has 0 radical (unpaired) electrons. The molecule has 2 saturated heterocycles. The van der Waals surface area contributed by atoms with Gasteiger partial charge < -0.3 is 14.4 Å². The number of pyridine rings is 1. The highest BCUT2D eigenvalue weighted by molar-refractivity contribution is 9.10. The monoisotopic (exact) mass is 431 g/mol. The maximum Gasteiger partial charge on any atom is 0.410 e. The molecule has 25 heavy (non-hydrogen) atoms. The summed E-state index contributed by atoms with van der Waals surface area (Å²) in [4.78, 5) is 20.9. The molecule has 2 aliphatic heterocycles. The number of carbonyl (C=O) groups excluding carboxylic acids is 1. The smallest absolute Gasteiger partial charge is 0.410 e. The summed E-state index contributed by atoms with van der Waals surface area (Å²) in [6.07, 6.45) is -0.290. The average molecular weight is 433 g/mol. The number of halogens is 2. The first kappa shape index (κ1) is 18.9. The van der Waals surface area contributed by atoms with Gasteiger partial charge in [0.15, 0.2) is 0 Å². The topological polar surface area (TPSA) is 54.9 Å². The molecule has 0 N–H and O–H groups in total. The average Bonchev–Trinajstić information content (AvgIpc) is 2.51. The maximum atomic E-state index is 12.6. The first-order valence-electron chi connectivity index (χ1n) is 8.37. The van der Waals surface area contributed by atoms with Crippen LogP contribution in [0.5, 0.6) is 0 Å². The number of rotatable bonds is 1. The van der Waals surface area contributed by atoms with Crippen molar-refractivity contribution in [3.63, 3.8) is 0 Å². The molecule has 2 atom stereocenters. The number of nitrogens with zero attached hydrogens (tertiary/aromatic N) is 3. The minimum atomic E-state index is -0.518. The summed E-state index contributed by atoms with van der Waals surface area (Å²) in [5, 5.41) is 0.434. The predicted octanol–water partition coefficient (Wildman–Crippen LogP) is 3.49. The highest BCUT2D eigenvalue weighted by Crippen LogP contribution is 2.33. The van der Waals surface area contributed by atoms with Crippen molar-refractivity contribution in [1.82, 2.24) is 14.8 Å². The molecule has 1 aromatic rings. The Kier molecular flexibility index (Phi) is 5.58. The van der Waals surface area contributed by atoms with Crippen molar-refractivity contribution < 1.29 is 14.3 Å².